The van der Waals surface area contributed by atoms with Crippen LogP contribution in [-0.2, 0) is 0 Å². The number of carbonyl (C=O) groups excluding carboxylic acids is 1. The van der Waals surface area contributed by atoms with Crippen LogP contribution >= 0.6 is 0 Å². The number of hydrogen-bond donors (Lipinski definition) is 1. The molecule has 0 radical (unpaired) electrons. The van der Waals surface area contributed by atoms with E-state index in [0.717, 1.165) is 5.56 Å². The smallest absolute Gasteiger partial charge is 0.336 e. The maximum absolute atomic E-state index is 12.5. The summed E-state index contributed by atoms with van der Waals surface area (Å²) in [6.07, 6.45) is 0. The molecule has 0 bridgehead atoms. The molecule has 0 heterocycles. The Morgan fingerprint density at radius 1 is 1.00 bits per heavy atom. The van der Waals surface area contributed by atoms with Crippen LogP contribution in [0.5, 0.6) is 5.75 Å². The molecule has 0 saturated heterocycles. The number of aryl methyl sites for hydroxylation is 1. The third-order valence-electron chi connectivity index (χ3n) is 3.00. The van der Waals surface area contributed by atoms with Crippen molar-refractivity contribution in [1.29, 1.82) is 0 Å². The average molecular weight is 270 g/mol. The van der Waals surface area contributed by atoms with E-state index in [1.54, 1.807) is 30.3 Å². The minimum atomic E-state index is -1.12. The van der Waals surface area contributed by atoms with Crippen molar-refractivity contribution < 1.29 is 19.4 Å². The van der Waals surface area contributed by atoms with Gasteiger partial charge < -0.3 is 9.84 Å². The van der Waals surface area contributed by atoms with Crippen molar-refractivity contribution in [1.82, 2.24) is 0 Å². The van der Waals surface area contributed by atoms with E-state index in [1.807, 2.05) is 6.92 Å². The van der Waals surface area contributed by atoms with E-state index in [1.165, 1.54) is 19.2 Å². The third kappa shape index (κ3) is 2.54. The van der Waals surface area contributed by atoms with E-state index in [9.17, 15) is 9.59 Å². The molecule has 2 aromatic carbocycles. The summed E-state index contributed by atoms with van der Waals surface area (Å²) >= 11 is 0. The molecule has 2 rings (SSSR count). The molecule has 102 valence electrons. The van der Waals surface area contributed by atoms with Gasteiger partial charge in [0, 0.05) is 5.56 Å². The number of ether oxygens (including phenoxy) is 1. The zero-order chi connectivity index (χ0) is 14.7. The number of hydrogen-bond acceptors (Lipinski definition) is 3. The summed E-state index contributed by atoms with van der Waals surface area (Å²) in [4.78, 5) is 23.7. The molecule has 0 fully saturated rings. The van der Waals surface area contributed by atoms with Crippen LogP contribution in [0.1, 0.15) is 31.8 Å². The number of carboxylic acid groups (broad SMARTS) is 1. The first-order chi connectivity index (χ1) is 9.54. The van der Waals surface area contributed by atoms with Crippen LogP contribution in [0.3, 0.4) is 0 Å². The van der Waals surface area contributed by atoms with Crippen molar-refractivity contribution in [2.45, 2.75) is 6.92 Å². The normalized spacial score (nSPS) is 10.1. The van der Waals surface area contributed by atoms with E-state index in [2.05, 4.69) is 0 Å². The summed E-state index contributed by atoms with van der Waals surface area (Å²) in [5.41, 5.74) is 1.46. The van der Waals surface area contributed by atoms with Crippen LogP contribution in [0.4, 0.5) is 0 Å². The second-order valence-corrected chi connectivity index (χ2v) is 4.38. The number of rotatable bonds is 4. The van der Waals surface area contributed by atoms with Crippen LogP contribution in [0.2, 0.25) is 0 Å². The van der Waals surface area contributed by atoms with Crippen LogP contribution in [-0.4, -0.2) is 24.0 Å². The molecule has 4 heteroatoms. The topological polar surface area (TPSA) is 63.6 Å². The Kier molecular flexibility index (Phi) is 3.84. The van der Waals surface area contributed by atoms with Gasteiger partial charge in [-0.1, -0.05) is 24.3 Å². The summed E-state index contributed by atoms with van der Waals surface area (Å²) in [5, 5.41) is 9.15. The largest absolute Gasteiger partial charge is 0.496 e. The van der Waals surface area contributed by atoms with Crippen LogP contribution < -0.4 is 4.74 Å². The number of ketones is 1. The van der Waals surface area contributed by atoms with E-state index in [0.29, 0.717) is 11.3 Å². The molecule has 0 unspecified atom stereocenters. The van der Waals surface area contributed by atoms with Gasteiger partial charge >= 0.3 is 5.97 Å². The molecule has 1 N–H and O–H groups in total. The quantitative estimate of drug-likeness (QED) is 0.867. The molecule has 0 aromatic heterocycles. The lowest BCUT2D eigenvalue weighted by molar-refractivity contribution is 0.0692. The number of methoxy groups -OCH3 is 1. The lowest BCUT2D eigenvalue weighted by atomic mass is 9.97. The molecule has 0 aliphatic heterocycles. The van der Waals surface area contributed by atoms with Gasteiger partial charge in [0.05, 0.1) is 18.2 Å². The van der Waals surface area contributed by atoms with Crippen LogP contribution in [0.25, 0.3) is 0 Å². The highest BCUT2D eigenvalue weighted by Crippen LogP contribution is 2.24. The molecular weight excluding hydrogens is 256 g/mol. The van der Waals surface area contributed by atoms with Gasteiger partial charge in [0.25, 0.3) is 0 Å². The summed E-state index contributed by atoms with van der Waals surface area (Å²) < 4.78 is 5.20. The van der Waals surface area contributed by atoms with Gasteiger partial charge in [0.15, 0.2) is 5.78 Å². The van der Waals surface area contributed by atoms with Crippen molar-refractivity contribution in [3.8, 4) is 5.75 Å². The van der Waals surface area contributed by atoms with Crippen molar-refractivity contribution in [2.24, 2.45) is 0 Å². The Labute approximate surface area is 116 Å². The zero-order valence-electron chi connectivity index (χ0n) is 11.2. The van der Waals surface area contributed by atoms with Gasteiger partial charge in [-0.15, -0.1) is 0 Å². The van der Waals surface area contributed by atoms with Gasteiger partial charge in [0.1, 0.15) is 5.75 Å². The fourth-order valence-corrected chi connectivity index (χ4v) is 2.00. The van der Waals surface area contributed by atoms with E-state index in [-0.39, 0.29) is 16.9 Å². The highest BCUT2D eigenvalue weighted by Gasteiger charge is 2.20. The lowest BCUT2D eigenvalue weighted by Gasteiger charge is -2.10. The molecule has 4 nitrogen and oxygen atoms in total. The Bertz CT molecular complexity index is 674. The molecule has 2 aromatic rings. The van der Waals surface area contributed by atoms with Crippen molar-refractivity contribution in [3.05, 3.63) is 64.7 Å². The maximum Gasteiger partial charge on any atom is 0.336 e. The van der Waals surface area contributed by atoms with Gasteiger partial charge in [0.2, 0.25) is 0 Å². The lowest BCUT2D eigenvalue weighted by Crippen LogP contribution is -2.10. The molecular formula is C16H14O4. The molecule has 0 saturated carbocycles. The predicted molar refractivity (Wildman–Crippen MR) is 74.6 cm³/mol. The first-order valence-electron chi connectivity index (χ1n) is 6.06. The Morgan fingerprint density at radius 2 is 1.65 bits per heavy atom. The van der Waals surface area contributed by atoms with Gasteiger partial charge in [-0.3, -0.25) is 4.79 Å². The summed E-state index contributed by atoms with van der Waals surface area (Å²) in [7, 11) is 1.48. The highest BCUT2D eigenvalue weighted by atomic mass is 16.5. The first kappa shape index (κ1) is 13.8. The molecule has 0 aliphatic carbocycles. The Hall–Kier alpha value is -2.62. The number of carbonyl (C=O) groups is 2. The molecule has 20 heavy (non-hydrogen) atoms. The molecule has 0 amide bonds. The standard InChI is InChI=1S/C16H14O4/c1-10-7-8-13(14(9-10)20-2)15(17)11-5-3-4-6-12(11)16(18)19/h3-9H,1-2H3,(H,18,19). The summed E-state index contributed by atoms with van der Waals surface area (Å²) in [6, 6.07) is 11.3. The van der Waals surface area contributed by atoms with Gasteiger partial charge in [-0.05, 0) is 30.7 Å². The molecule has 0 aliphatic rings. The predicted octanol–water partition coefficient (Wildman–Crippen LogP) is 2.93. The van der Waals surface area contributed by atoms with Gasteiger partial charge in [-0.2, -0.15) is 0 Å². The van der Waals surface area contributed by atoms with Crippen molar-refractivity contribution in [3.63, 3.8) is 0 Å². The Balaban J connectivity index is 2.55. The average Bonchev–Trinajstić information content (AvgIpc) is 2.46. The van der Waals surface area contributed by atoms with E-state index >= 15 is 0 Å². The van der Waals surface area contributed by atoms with Gasteiger partial charge in [-0.25, -0.2) is 4.79 Å². The van der Waals surface area contributed by atoms with E-state index < -0.39 is 5.97 Å². The molecule has 0 spiro atoms. The zero-order valence-corrected chi connectivity index (χ0v) is 11.2. The number of carboxylic acids is 1. The third-order valence-corrected chi connectivity index (χ3v) is 3.00. The molecule has 0 atom stereocenters. The minimum Gasteiger partial charge on any atom is -0.496 e. The maximum atomic E-state index is 12.5. The second kappa shape index (κ2) is 5.57. The number of aromatic carboxylic acids is 1. The van der Waals surface area contributed by atoms with Crippen molar-refractivity contribution >= 4 is 11.8 Å². The summed E-state index contributed by atoms with van der Waals surface area (Å²) in [6.45, 7) is 1.89. The monoisotopic (exact) mass is 270 g/mol. The highest BCUT2D eigenvalue weighted by molar-refractivity contribution is 6.15. The van der Waals surface area contributed by atoms with Crippen LogP contribution in [0, 0.1) is 6.92 Å². The minimum absolute atomic E-state index is 0.0138. The fourth-order valence-electron chi connectivity index (χ4n) is 2.00. The SMILES string of the molecule is COc1cc(C)ccc1C(=O)c1ccccc1C(=O)O. The summed E-state index contributed by atoms with van der Waals surface area (Å²) in [5.74, 6) is -1.05. The van der Waals surface area contributed by atoms with Crippen molar-refractivity contribution in [2.75, 3.05) is 7.11 Å². The fraction of sp³-hybridized carbons (Fsp3) is 0.125. The number of benzene rings is 2. The first-order valence-corrected chi connectivity index (χ1v) is 6.06. The second-order valence-electron chi connectivity index (χ2n) is 4.38. The van der Waals surface area contributed by atoms with E-state index in [4.69, 9.17) is 9.84 Å². The Morgan fingerprint density at radius 3 is 2.25 bits per heavy atom. The van der Waals surface area contributed by atoms with Crippen LogP contribution in [0.15, 0.2) is 42.5 Å².